The minimum Gasteiger partial charge on any atom is -0.382 e. The number of alkyl halides is 3. The molecule has 0 saturated carbocycles. The van der Waals surface area contributed by atoms with Gasteiger partial charge in [-0.3, -0.25) is 0 Å². The molecule has 0 spiro atoms. The summed E-state index contributed by atoms with van der Waals surface area (Å²) in [4.78, 5) is 3.80. The molecule has 102 valence electrons. The third-order valence-corrected chi connectivity index (χ3v) is 3.14. The molecule has 17 heavy (non-hydrogen) atoms. The summed E-state index contributed by atoms with van der Waals surface area (Å²) in [5.41, 5.74) is 0. The maximum atomic E-state index is 12.2. The first-order valence-corrected chi connectivity index (χ1v) is 5.91. The zero-order valence-corrected chi connectivity index (χ0v) is 10.4. The van der Waals surface area contributed by atoms with Crippen LogP contribution in [0.25, 0.3) is 0 Å². The van der Waals surface area contributed by atoms with Crippen molar-refractivity contribution in [1.29, 1.82) is 0 Å². The summed E-state index contributed by atoms with van der Waals surface area (Å²) in [6.07, 6.45) is -4.90. The Bertz CT molecular complexity index is 225. The third-order valence-electron chi connectivity index (χ3n) is 3.14. The Morgan fingerprint density at radius 1 is 1.29 bits per heavy atom. The summed E-state index contributed by atoms with van der Waals surface area (Å²) in [6, 6.07) is 0. The first-order chi connectivity index (χ1) is 7.79. The van der Waals surface area contributed by atoms with Gasteiger partial charge in [-0.2, -0.15) is 13.2 Å². The largest absolute Gasteiger partial charge is 0.415 e. The molecule has 0 radical (unpaired) electrons. The van der Waals surface area contributed by atoms with E-state index in [1.54, 1.807) is 4.90 Å². The standard InChI is InChI=1S/C11H21F3N2O/c1-15(2)7-9-3-5-16(6-4-9)8-10(17)11(12,13)14/h9-10,17H,3-8H2,1-2H3. The van der Waals surface area contributed by atoms with Gasteiger partial charge in [0.05, 0.1) is 0 Å². The fourth-order valence-corrected chi connectivity index (χ4v) is 2.22. The van der Waals surface area contributed by atoms with E-state index in [-0.39, 0.29) is 6.54 Å². The Morgan fingerprint density at radius 2 is 1.82 bits per heavy atom. The summed E-state index contributed by atoms with van der Waals surface area (Å²) in [7, 11) is 4.00. The molecule has 0 bridgehead atoms. The lowest BCUT2D eigenvalue weighted by Gasteiger charge is -2.34. The van der Waals surface area contributed by atoms with E-state index in [0.29, 0.717) is 19.0 Å². The molecule has 1 N–H and O–H groups in total. The van der Waals surface area contributed by atoms with Crippen molar-refractivity contribution in [2.45, 2.75) is 25.1 Å². The van der Waals surface area contributed by atoms with Gasteiger partial charge in [0.1, 0.15) is 0 Å². The monoisotopic (exact) mass is 254 g/mol. The highest BCUT2D eigenvalue weighted by Crippen LogP contribution is 2.23. The number of β-amino-alcohol motifs (C(OH)–C–C–N with tert-alkyl or cyclic N) is 1. The molecule has 1 aliphatic rings. The van der Waals surface area contributed by atoms with Gasteiger partial charge in [-0.1, -0.05) is 0 Å². The van der Waals surface area contributed by atoms with Gasteiger partial charge in [0.25, 0.3) is 0 Å². The number of likely N-dealkylation sites (tertiary alicyclic amines) is 1. The second kappa shape index (κ2) is 6.02. The highest BCUT2D eigenvalue weighted by Gasteiger charge is 2.39. The van der Waals surface area contributed by atoms with Crippen LogP contribution >= 0.6 is 0 Å². The number of piperidine rings is 1. The van der Waals surface area contributed by atoms with E-state index in [2.05, 4.69) is 4.90 Å². The molecular weight excluding hydrogens is 233 g/mol. The molecule has 1 unspecified atom stereocenters. The Morgan fingerprint density at radius 3 is 2.24 bits per heavy atom. The van der Waals surface area contributed by atoms with Crippen LogP contribution < -0.4 is 0 Å². The number of halogens is 3. The van der Waals surface area contributed by atoms with Crippen molar-refractivity contribution in [1.82, 2.24) is 9.80 Å². The summed E-state index contributed by atoms with van der Waals surface area (Å²) >= 11 is 0. The van der Waals surface area contributed by atoms with Crippen LogP contribution in [-0.4, -0.2) is 67.5 Å². The topological polar surface area (TPSA) is 26.7 Å². The van der Waals surface area contributed by atoms with E-state index in [4.69, 9.17) is 5.11 Å². The van der Waals surface area contributed by atoms with Crippen molar-refractivity contribution < 1.29 is 18.3 Å². The first kappa shape index (κ1) is 14.7. The minimum atomic E-state index is -4.50. The molecule has 0 aliphatic carbocycles. The van der Waals surface area contributed by atoms with Gasteiger partial charge >= 0.3 is 6.18 Å². The number of nitrogens with zero attached hydrogens (tertiary/aromatic N) is 2. The highest BCUT2D eigenvalue weighted by atomic mass is 19.4. The molecule has 1 rings (SSSR count). The lowest BCUT2D eigenvalue weighted by Crippen LogP contribution is -2.45. The van der Waals surface area contributed by atoms with Crippen LogP contribution in [0, 0.1) is 5.92 Å². The van der Waals surface area contributed by atoms with E-state index in [1.165, 1.54) is 0 Å². The molecule has 1 aliphatic heterocycles. The molecule has 3 nitrogen and oxygen atoms in total. The van der Waals surface area contributed by atoms with E-state index < -0.39 is 12.3 Å². The zero-order chi connectivity index (χ0) is 13.1. The Labute approximate surface area is 100 Å². The first-order valence-electron chi connectivity index (χ1n) is 5.91. The Kier molecular flexibility index (Phi) is 5.22. The number of hydrogen-bond donors (Lipinski definition) is 1. The SMILES string of the molecule is CN(C)CC1CCN(CC(O)C(F)(F)F)CC1. The molecule has 0 aromatic heterocycles. The fraction of sp³-hybridized carbons (Fsp3) is 1.00. The zero-order valence-electron chi connectivity index (χ0n) is 10.4. The van der Waals surface area contributed by atoms with Gasteiger partial charge in [-0.05, 0) is 45.9 Å². The molecule has 0 aromatic carbocycles. The van der Waals surface area contributed by atoms with Crippen LogP contribution in [0.2, 0.25) is 0 Å². The Balaban J connectivity index is 2.28. The number of hydrogen-bond acceptors (Lipinski definition) is 3. The quantitative estimate of drug-likeness (QED) is 0.816. The van der Waals surface area contributed by atoms with Gasteiger partial charge in [0, 0.05) is 13.1 Å². The Hall–Kier alpha value is -0.330. The molecule has 1 atom stereocenters. The molecule has 0 aromatic rings. The van der Waals surface area contributed by atoms with E-state index >= 15 is 0 Å². The molecule has 1 saturated heterocycles. The number of rotatable bonds is 4. The minimum absolute atomic E-state index is 0.293. The summed E-state index contributed by atoms with van der Waals surface area (Å²) in [5, 5.41) is 8.97. The average Bonchev–Trinajstić information content (AvgIpc) is 2.18. The summed E-state index contributed by atoms with van der Waals surface area (Å²) < 4.78 is 36.5. The van der Waals surface area contributed by atoms with Crippen molar-refractivity contribution in [3.63, 3.8) is 0 Å². The maximum absolute atomic E-state index is 12.2. The molecule has 1 heterocycles. The van der Waals surface area contributed by atoms with Crippen LogP contribution in [0.5, 0.6) is 0 Å². The highest BCUT2D eigenvalue weighted by molar-refractivity contribution is 4.77. The van der Waals surface area contributed by atoms with Gasteiger partial charge in [-0.25, -0.2) is 0 Å². The van der Waals surface area contributed by atoms with Crippen LogP contribution in [-0.2, 0) is 0 Å². The fourth-order valence-electron chi connectivity index (χ4n) is 2.22. The van der Waals surface area contributed by atoms with Crippen LogP contribution in [0.15, 0.2) is 0 Å². The van der Waals surface area contributed by atoms with Crippen LogP contribution in [0.3, 0.4) is 0 Å². The molecule has 0 amide bonds. The predicted octanol–water partition coefficient (Wildman–Crippen LogP) is 1.18. The summed E-state index contributed by atoms with van der Waals surface area (Å²) in [5.74, 6) is 0.560. The van der Waals surface area contributed by atoms with E-state index in [9.17, 15) is 13.2 Å². The van der Waals surface area contributed by atoms with Crippen LogP contribution in [0.4, 0.5) is 13.2 Å². The predicted molar refractivity (Wildman–Crippen MR) is 59.8 cm³/mol. The number of aliphatic hydroxyl groups is 1. The second-order valence-electron chi connectivity index (χ2n) is 5.06. The normalized spacial score (nSPS) is 22.1. The van der Waals surface area contributed by atoms with Gasteiger partial charge in [-0.15, -0.1) is 0 Å². The maximum Gasteiger partial charge on any atom is 0.415 e. The third kappa shape index (κ3) is 5.23. The lowest BCUT2D eigenvalue weighted by atomic mass is 9.96. The van der Waals surface area contributed by atoms with Crippen LogP contribution in [0.1, 0.15) is 12.8 Å². The van der Waals surface area contributed by atoms with Gasteiger partial charge in [0.2, 0.25) is 0 Å². The average molecular weight is 254 g/mol. The van der Waals surface area contributed by atoms with Crippen molar-refractivity contribution in [3.8, 4) is 0 Å². The van der Waals surface area contributed by atoms with Crippen molar-refractivity contribution in [2.75, 3.05) is 40.3 Å². The van der Waals surface area contributed by atoms with Crippen molar-refractivity contribution in [3.05, 3.63) is 0 Å². The number of aliphatic hydroxyl groups excluding tert-OH is 1. The van der Waals surface area contributed by atoms with Crippen molar-refractivity contribution >= 4 is 0 Å². The van der Waals surface area contributed by atoms with Gasteiger partial charge < -0.3 is 14.9 Å². The summed E-state index contributed by atoms with van der Waals surface area (Å²) in [6.45, 7) is 1.98. The lowest BCUT2D eigenvalue weighted by molar-refractivity contribution is -0.208. The second-order valence-corrected chi connectivity index (χ2v) is 5.06. The smallest absolute Gasteiger partial charge is 0.382 e. The molecule has 6 heteroatoms. The molecule has 1 fully saturated rings. The molecular formula is C11H21F3N2O. The van der Waals surface area contributed by atoms with Gasteiger partial charge in [0.15, 0.2) is 6.10 Å². The van der Waals surface area contributed by atoms with Crippen molar-refractivity contribution in [2.24, 2.45) is 5.92 Å². The van der Waals surface area contributed by atoms with E-state index in [1.807, 2.05) is 14.1 Å². The van der Waals surface area contributed by atoms with E-state index in [0.717, 1.165) is 19.4 Å².